The summed E-state index contributed by atoms with van der Waals surface area (Å²) in [5, 5.41) is 2.45. The molecule has 6 rings (SSSR count). The standard InChI is InChI=1S/C40H39N.C2H6/c1-8-14-27(15-9-2)28-18-22-33-38(25-28)41(37-23-20-26(10-3)30(11-4)39(33)37)36(12-5)29-19-21-32-31-16-13-17-34(31)40(6,7)35(32)24-29;1-2/h8,10-16,18-25H,3-4,9,17H2,1-2,5-7H3;1-2H3/b14-8-,27-15+,36-12-;. The van der Waals surface area contributed by atoms with Crippen molar-refractivity contribution >= 4 is 50.8 Å². The van der Waals surface area contributed by atoms with Crippen molar-refractivity contribution in [3.63, 3.8) is 0 Å². The van der Waals surface area contributed by atoms with E-state index in [0.717, 1.165) is 24.0 Å². The van der Waals surface area contributed by atoms with Gasteiger partial charge < -0.3 is 4.57 Å². The van der Waals surface area contributed by atoms with Crippen LogP contribution in [0.25, 0.3) is 50.8 Å². The van der Waals surface area contributed by atoms with E-state index in [1.165, 1.54) is 60.9 Å². The van der Waals surface area contributed by atoms with E-state index < -0.39 is 0 Å². The predicted octanol–water partition coefficient (Wildman–Crippen LogP) is 12.4. The van der Waals surface area contributed by atoms with Gasteiger partial charge in [-0.05, 0) is 95.0 Å². The van der Waals surface area contributed by atoms with Crippen LogP contribution in [0, 0.1) is 0 Å². The van der Waals surface area contributed by atoms with Gasteiger partial charge >= 0.3 is 0 Å². The van der Waals surface area contributed by atoms with Crippen molar-refractivity contribution in [2.24, 2.45) is 0 Å². The highest BCUT2D eigenvalue weighted by Crippen LogP contribution is 2.51. The summed E-state index contributed by atoms with van der Waals surface area (Å²) in [4.78, 5) is 0. The van der Waals surface area contributed by atoms with Crippen LogP contribution in [0.1, 0.15) is 94.7 Å². The topological polar surface area (TPSA) is 4.93 Å². The van der Waals surface area contributed by atoms with Gasteiger partial charge in [-0.3, -0.25) is 0 Å². The van der Waals surface area contributed by atoms with E-state index in [-0.39, 0.29) is 5.41 Å². The lowest BCUT2D eigenvalue weighted by atomic mass is 9.79. The highest BCUT2D eigenvalue weighted by Gasteiger charge is 2.38. The molecule has 0 atom stereocenters. The van der Waals surface area contributed by atoms with Crippen LogP contribution in [0.15, 0.2) is 104 Å². The fourth-order valence-electron chi connectivity index (χ4n) is 7.06. The Kier molecular flexibility index (Phi) is 8.47. The van der Waals surface area contributed by atoms with Crippen molar-refractivity contribution in [2.45, 2.75) is 66.7 Å². The van der Waals surface area contributed by atoms with Gasteiger partial charge in [-0.15, -0.1) is 0 Å². The highest BCUT2D eigenvalue weighted by molar-refractivity contribution is 6.15. The number of aromatic nitrogens is 1. The lowest BCUT2D eigenvalue weighted by Gasteiger charge is -2.25. The Morgan fingerprint density at radius 2 is 1.70 bits per heavy atom. The normalized spacial score (nSPS) is 15.7. The van der Waals surface area contributed by atoms with E-state index in [2.05, 4.69) is 137 Å². The third-order valence-corrected chi connectivity index (χ3v) is 9.01. The van der Waals surface area contributed by atoms with Crippen molar-refractivity contribution in [3.05, 3.63) is 137 Å². The van der Waals surface area contributed by atoms with E-state index in [4.69, 9.17) is 0 Å². The minimum atomic E-state index is 0.0260. The second-order valence-corrected chi connectivity index (χ2v) is 11.6. The van der Waals surface area contributed by atoms with Crippen molar-refractivity contribution in [2.75, 3.05) is 0 Å². The second kappa shape index (κ2) is 12.1. The largest absolute Gasteiger partial charge is 0.309 e. The molecular formula is C42H45N. The molecule has 1 heteroatoms. The van der Waals surface area contributed by atoms with Crippen LogP contribution in [0.5, 0.6) is 0 Å². The van der Waals surface area contributed by atoms with Crippen LogP contribution in [0.2, 0.25) is 0 Å². The van der Waals surface area contributed by atoms with E-state index in [1.54, 1.807) is 5.57 Å². The lowest BCUT2D eigenvalue weighted by molar-refractivity contribution is 0.627. The summed E-state index contributed by atoms with van der Waals surface area (Å²) in [5.41, 5.74) is 15.3. The van der Waals surface area contributed by atoms with Gasteiger partial charge in [0.05, 0.1) is 11.0 Å². The number of fused-ring (bicyclic) bond motifs is 5. The number of nitrogens with zero attached hydrogens (tertiary/aromatic N) is 1. The minimum Gasteiger partial charge on any atom is -0.309 e. The first-order valence-electron chi connectivity index (χ1n) is 15.8. The summed E-state index contributed by atoms with van der Waals surface area (Å²) in [6.45, 7) is 23.5. The fraction of sp³-hybridized carbons (Fsp3) is 0.238. The zero-order chi connectivity index (χ0) is 30.9. The quantitative estimate of drug-likeness (QED) is 0.197. The molecule has 1 aromatic heterocycles. The molecule has 0 aliphatic heterocycles. The smallest absolute Gasteiger partial charge is 0.0547 e. The summed E-state index contributed by atoms with van der Waals surface area (Å²) in [6.07, 6.45) is 19.5. The van der Waals surface area contributed by atoms with Gasteiger partial charge in [-0.2, -0.15) is 0 Å². The maximum atomic E-state index is 4.21. The average molecular weight is 564 g/mol. The molecule has 0 fully saturated rings. The first kappa shape index (κ1) is 30.1. The summed E-state index contributed by atoms with van der Waals surface area (Å²) in [7, 11) is 0. The summed E-state index contributed by atoms with van der Waals surface area (Å²) < 4.78 is 2.46. The fourth-order valence-corrected chi connectivity index (χ4v) is 7.06. The van der Waals surface area contributed by atoms with Crippen molar-refractivity contribution in [1.82, 2.24) is 4.57 Å². The summed E-state index contributed by atoms with van der Waals surface area (Å²) >= 11 is 0. The van der Waals surface area contributed by atoms with E-state index in [0.29, 0.717) is 0 Å². The summed E-state index contributed by atoms with van der Waals surface area (Å²) in [6, 6.07) is 18.4. The first-order valence-corrected chi connectivity index (χ1v) is 15.8. The summed E-state index contributed by atoms with van der Waals surface area (Å²) in [5.74, 6) is 0. The minimum absolute atomic E-state index is 0.0260. The van der Waals surface area contributed by atoms with E-state index >= 15 is 0 Å². The number of allylic oxidation sites excluding steroid dienone is 9. The Hall–Kier alpha value is -4.36. The van der Waals surface area contributed by atoms with Crippen molar-refractivity contribution in [3.8, 4) is 0 Å². The Morgan fingerprint density at radius 1 is 0.930 bits per heavy atom. The monoisotopic (exact) mass is 563 g/mol. The van der Waals surface area contributed by atoms with Crippen LogP contribution in [-0.4, -0.2) is 4.57 Å². The molecule has 2 aliphatic rings. The molecule has 0 radical (unpaired) electrons. The zero-order valence-corrected chi connectivity index (χ0v) is 27.0. The van der Waals surface area contributed by atoms with E-state index in [9.17, 15) is 0 Å². The molecule has 0 bridgehead atoms. The molecule has 0 N–H and O–H groups in total. The molecule has 3 aromatic carbocycles. The molecular weight excluding hydrogens is 518 g/mol. The predicted molar refractivity (Wildman–Crippen MR) is 193 cm³/mol. The molecule has 0 unspecified atom stereocenters. The first-order chi connectivity index (χ1) is 20.9. The number of rotatable bonds is 7. The zero-order valence-electron chi connectivity index (χ0n) is 27.0. The van der Waals surface area contributed by atoms with Gasteiger partial charge in [-0.25, -0.2) is 0 Å². The highest BCUT2D eigenvalue weighted by atomic mass is 15.0. The van der Waals surface area contributed by atoms with Crippen molar-refractivity contribution in [1.29, 1.82) is 0 Å². The molecule has 0 saturated heterocycles. The maximum Gasteiger partial charge on any atom is 0.0547 e. The van der Waals surface area contributed by atoms with Crippen LogP contribution in [0.3, 0.4) is 0 Å². The van der Waals surface area contributed by atoms with E-state index in [1.807, 2.05) is 26.0 Å². The maximum absolute atomic E-state index is 4.21. The van der Waals surface area contributed by atoms with Gasteiger partial charge in [0.1, 0.15) is 0 Å². The SMILES string of the molecule is C=Cc1ccc2c(c1C=C)c1ccc(C(/C=C\C)=C/CC)cc1n2/C(=C\C)c1ccc2c(c1)C(C)(C)C1=C2C=CC1.CC. The van der Waals surface area contributed by atoms with Crippen LogP contribution in [0.4, 0.5) is 0 Å². The molecule has 0 amide bonds. The third kappa shape index (κ3) is 4.72. The van der Waals surface area contributed by atoms with Gasteiger partial charge in [0, 0.05) is 21.9 Å². The molecule has 0 saturated carbocycles. The molecule has 0 spiro atoms. The second-order valence-electron chi connectivity index (χ2n) is 11.6. The number of hydrogen-bond acceptors (Lipinski definition) is 0. The molecule has 43 heavy (non-hydrogen) atoms. The average Bonchev–Trinajstić information content (AvgIpc) is 3.71. The number of hydrogen-bond donors (Lipinski definition) is 0. The van der Waals surface area contributed by atoms with Gasteiger partial charge in [0.25, 0.3) is 0 Å². The van der Waals surface area contributed by atoms with Crippen LogP contribution in [-0.2, 0) is 5.41 Å². The van der Waals surface area contributed by atoms with Gasteiger partial charge in [0.2, 0.25) is 0 Å². The van der Waals surface area contributed by atoms with Gasteiger partial charge in [-0.1, -0.05) is 127 Å². The van der Waals surface area contributed by atoms with Crippen LogP contribution >= 0.6 is 0 Å². The molecule has 1 nitrogen and oxygen atoms in total. The molecule has 1 heterocycles. The molecule has 218 valence electrons. The lowest BCUT2D eigenvalue weighted by Crippen LogP contribution is -2.17. The molecule has 4 aromatic rings. The molecule has 2 aliphatic carbocycles. The number of benzene rings is 3. The Bertz CT molecular complexity index is 1910. The van der Waals surface area contributed by atoms with Crippen LogP contribution < -0.4 is 0 Å². The third-order valence-electron chi connectivity index (χ3n) is 9.01. The van der Waals surface area contributed by atoms with Gasteiger partial charge in [0.15, 0.2) is 0 Å². The van der Waals surface area contributed by atoms with Crippen molar-refractivity contribution < 1.29 is 0 Å². The Morgan fingerprint density at radius 3 is 2.37 bits per heavy atom. The Labute approximate surface area is 258 Å². The Balaban J connectivity index is 0.00000180.